The van der Waals surface area contributed by atoms with Gasteiger partial charge in [0.25, 0.3) is 5.91 Å². The van der Waals surface area contributed by atoms with E-state index in [1.54, 1.807) is 42.5 Å². The second kappa shape index (κ2) is 9.17. The van der Waals surface area contributed by atoms with Crippen LogP contribution >= 0.6 is 22.9 Å². The maximum absolute atomic E-state index is 12.8. The molecular formula is C25H23ClN2O3S2. The molecule has 4 aromatic rings. The number of sulfonamides is 1. The molecule has 0 bridgehead atoms. The first-order valence-electron chi connectivity index (χ1n) is 10.2. The number of thiophene rings is 1. The van der Waals surface area contributed by atoms with Crippen molar-refractivity contribution in [1.29, 1.82) is 0 Å². The highest BCUT2D eigenvalue weighted by Crippen LogP contribution is 2.32. The Balaban J connectivity index is 1.62. The van der Waals surface area contributed by atoms with Gasteiger partial charge in [0, 0.05) is 15.4 Å². The summed E-state index contributed by atoms with van der Waals surface area (Å²) in [6, 6.07) is 20.1. The molecule has 0 atom stereocenters. The van der Waals surface area contributed by atoms with Gasteiger partial charge in [0.15, 0.2) is 0 Å². The van der Waals surface area contributed by atoms with E-state index < -0.39 is 10.0 Å². The van der Waals surface area contributed by atoms with Crippen molar-refractivity contribution in [3.63, 3.8) is 0 Å². The van der Waals surface area contributed by atoms with Crippen LogP contribution in [0.2, 0.25) is 5.02 Å². The first-order chi connectivity index (χ1) is 15.6. The summed E-state index contributed by atoms with van der Waals surface area (Å²) >= 11 is 7.32. The highest BCUT2D eigenvalue weighted by atomic mass is 35.5. The standard InChI is InChI=1S/C25H23ClN2O3S2/c1-16-4-9-21(12-17(16)2)27-25(29)24-14-19-13-22(10-11-23(19)32-24)28(33(3,30)31)15-18-5-7-20(26)8-6-18/h4-14H,15H2,1-3H3,(H,27,29). The Morgan fingerprint density at radius 3 is 2.36 bits per heavy atom. The minimum atomic E-state index is -3.53. The van der Waals surface area contributed by atoms with Gasteiger partial charge in [-0.25, -0.2) is 8.42 Å². The molecule has 3 aromatic carbocycles. The third kappa shape index (κ3) is 5.38. The Hall–Kier alpha value is -2.87. The predicted molar refractivity (Wildman–Crippen MR) is 138 cm³/mol. The number of amides is 1. The topological polar surface area (TPSA) is 66.5 Å². The quantitative estimate of drug-likeness (QED) is 0.335. The third-order valence-corrected chi connectivity index (χ3v) is 7.92. The fraction of sp³-hybridized carbons (Fsp3) is 0.160. The normalized spacial score (nSPS) is 11.5. The molecule has 170 valence electrons. The monoisotopic (exact) mass is 498 g/mol. The van der Waals surface area contributed by atoms with Crippen LogP contribution < -0.4 is 9.62 Å². The fourth-order valence-electron chi connectivity index (χ4n) is 3.47. The number of hydrogen-bond donors (Lipinski definition) is 1. The van der Waals surface area contributed by atoms with E-state index >= 15 is 0 Å². The molecule has 0 aliphatic heterocycles. The Morgan fingerprint density at radius 1 is 0.970 bits per heavy atom. The van der Waals surface area contributed by atoms with Crippen molar-refractivity contribution >= 4 is 60.3 Å². The zero-order chi connectivity index (χ0) is 23.8. The van der Waals surface area contributed by atoms with E-state index in [1.807, 2.05) is 38.1 Å². The van der Waals surface area contributed by atoms with Crippen LogP contribution in [0.5, 0.6) is 0 Å². The van der Waals surface area contributed by atoms with Crippen LogP contribution in [0.3, 0.4) is 0 Å². The number of aryl methyl sites for hydroxylation is 2. The summed E-state index contributed by atoms with van der Waals surface area (Å²) in [6.45, 7) is 4.21. The van der Waals surface area contributed by atoms with Crippen LogP contribution in [0.25, 0.3) is 10.1 Å². The van der Waals surface area contributed by atoms with Crippen molar-refractivity contribution in [1.82, 2.24) is 0 Å². The van der Waals surface area contributed by atoms with Crippen LogP contribution in [-0.4, -0.2) is 20.6 Å². The number of halogens is 1. The average molecular weight is 499 g/mol. The van der Waals surface area contributed by atoms with Gasteiger partial charge >= 0.3 is 0 Å². The summed E-state index contributed by atoms with van der Waals surface area (Å²) in [7, 11) is -3.53. The predicted octanol–water partition coefficient (Wildman–Crippen LogP) is 6.39. The minimum Gasteiger partial charge on any atom is -0.321 e. The van der Waals surface area contributed by atoms with Crippen LogP contribution in [-0.2, 0) is 16.6 Å². The van der Waals surface area contributed by atoms with Crippen molar-refractivity contribution in [2.24, 2.45) is 0 Å². The van der Waals surface area contributed by atoms with E-state index in [0.717, 1.165) is 32.5 Å². The van der Waals surface area contributed by atoms with Gasteiger partial charge in [-0.1, -0.05) is 29.8 Å². The average Bonchev–Trinajstić information content (AvgIpc) is 3.18. The van der Waals surface area contributed by atoms with E-state index in [2.05, 4.69) is 5.32 Å². The van der Waals surface area contributed by atoms with Crippen LogP contribution in [0.15, 0.2) is 66.7 Å². The molecule has 0 aliphatic rings. The van der Waals surface area contributed by atoms with Gasteiger partial charge in [-0.2, -0.15) is 0 Å². The molecule has 5 nitrogen and oxygen atoms in total. The first kappa shape index (κ1) is 23.3. The van der Waals surface area contributed by atoms with Crippen molar-refractivity contribution < 1.29 is 13.2 Å². The van der Waals surface area contributed by atoms with Crippen LogP contribution in [0, 0.1) is 13.8 Å². The smallest absolute Gasteiger partial charge is 0.265 e. The van der Waals surface area contributed by atoms with E-state index in [4.69, 9.17) is 11.6 Å². The lowest BCUT2D eigenvalue weighted by atomic mass is 10.1. The summed E-state index contributed by atoms with van der Waals surface area (Å²) in [5, 5.41) is 4.35. The van der Waals surface area contributed by atoms with Gasteiger partial charge in [0.1, 0.15) is 0 Å². The molecule has 0 saturated heterocycles. The van der Waals surface area contributed by atoms with Gasteiger partial charge in [0.05, 0.1) is 23.4 Å². The molecule has 0 aliphatic carbocycles. The van der Waals surface area contributed by atoms with E-state index in [1.165, 1.54) is 21.9 Å². The fourth-order valence-corrected chi connectivity index (χ4v) is 5.41. The molecular weight excluding hydrogens is 476 g/mol. The molecule has 1 aromatic heterocycles. The maximum Gasteiger partial charge on any atom is 0.265 e. The van der Waals surface area contributed by atoms with Crippen molar-refractivity contribution in [3.05, 3.63) is 93.3 Å². The number of carbonyl (C=O) groups excluding carboxylic acids is 1. The number of rotatable bonds is 6. The lowest BCUT2D eigenvalue weighted by Gasteiger charge is -2.22. The lowest BCUT2D eigenvalue weighted by molar-refractivity contribution is 0.103. The zero-order valence-corrected chi connectivity index (χ0v) is 20.8. The second-order valence-electron chi connectivity index (χ2n) is 7.98. The molecule has 4 rings (SSSR count). The number of nitrogens with one attached hydrogen (secondary N) is 1. The minimum absolute atomic E-state index is 0.186. The summed E-state index contributed by atoms with van der Waals surface area (Å²) < 4.78 is 27.3. The number of hydrogen-bond acceptors (Lipinski definition) is 4. The summed E-state index contributed by atoms with van der Waals surface area (Å²) in [5.74, 6) is -0.192. The van der Waals surface area contributed by atoms with Gasteiger partial charge in [-0.15, -0.1) is 11.3 Å². The molecule has 0 saturated carbocycles. The maximum atomic E-state index is 12.8. The molecule has 0 fully saturated rings. The van der Waals surface area contributed by atoms with E-state index in [-0.39, 0.29) is 12.5 Å². The number of anilines is 2. The first-order valence-corrected chi connectivity index (χ1v) is 13.3. The Bertz CT molecular complexity index is 1440. The number of carbonyl (C=O) groups is 1. The SMILES string of the molecule is Cc1ccc(NC(=O)c2cc3cc(N(Cc4ccc(Cl)cc4)S(C)(=O)=O)ccc3s2)cc1C. The van der Waals surface area contributed by atoms with Crippen LogP contribution in [0.1, 0.15) is 26.4 Å². The van der Waals surface area contributed by atoms with E-state index in [0.29, 0.717) is 15.6 Å². The van der Waals surface area contributed by atoms with Crippen LogP contribution in [0.4, 0.5) is 11.4 Å². The number of nitrogens with zero attached hydrogens (tertiary/aromatic N) is 1. The molecule has 33 heavy (non-hydrogen) atoms. The molecule has 1 N–H and O–H groups in total. The highest BCUT2D eigenvalue weighted by Gasteiger charge is 2.19. The molecule has 8 heteroatoms. The van der Waals surface area contributed by atoms with Gasteiger partial charge in [-0.3, -0.25) is 9.10 Å². The van der Waals surface area contributed by atoms with Crippen molar-refractivity contribution in [3.8, 4) is 0 Å². The second-order valence-corrected chi connectivity index (χ2v) is 11.4. The number of benzene rings is 3. The summed E-state index contributed by atoms with van der Waals surface area (Å²) in [4.78, 5) is 13.4. The van der Waals surface area contributed by atoms with Gasteiger partial charge in [0.2, 0.25) is 10.0 Å². The van der Waals surface area contributed by atoms with Gasteiger partial charge in [-0.05, 0) is 84.5 Å². The van der Waals surface area contributed by atoms with E-state index in [9.17, 15) is 13.2 Å². The number of fused-ring (bicyclic) bond motifs is 1. The highest BCUT2D eigenvalue weighted by molar-refractivity contribution is 7.92. The Kier molecular flexibility index (Phi) is 6.47. The molecule has 0 radical (unpaired) electrons. The van der Waals surface area contributed by atoms with Gasteiger partial charge < -0.3 is 5.32 Å². The Labute approximate surface area is 202 Å². The summed E-state index contributed by atoms with van der Waals surface area (Å²) in [6.07, 6.45) is 1.18. The third-order valence-electron chi connectivity index (χ3n) is 5.42. The van der Waals surface area contributed by atoms with Crippen molar-refractivity contribution in [2.45, 2.75) is 20.4 Å². The summed E-state index contributed by atoms with van der Waals surface area (Å²) in [5.41, 5.74) is 4.38. The molecule has 0 spiro atoms. The largest absolute Gasteiger partial charge is 0.321 e. The molecule has 1 amide bonds. The lowest BCUT2D eigenvalue weighted by Crippen LogP contribution is -2.29. The molecule has 0 unspecified atom stereocenters. The van der Waals surface area contributed by atoms with Crippen molar-refractivity contribution in [2.75, 3.05) is 15.9 Å². The Morgan fingerprint density at radius 2 is 1.70 bits per heavy atom. The molecule has 1 heterocycles. The zero-order valence-electron chi connectivity index (χ0n) is 18.4.